The Hall–Kier alpha value is -3.06. The summed E-state index contributed by atoms with van der Waals surface area (Å²) < 4.78 is 6.82. The molecule has 0 N–H and O–H groups in total. The SMILES string of the molecule is COC(=O)c1cn(Cc2ccccc2)c2cc(C#N)ccc12. The van der Waals surface area contributed by atoms with Crippen LogP contribution in [0, 0.1) is 11.3 Å². The van der Waals surface area contributed by atoms with Crippen LogP contribution in [0.15, 0.2) is 54.7 Å². The number of esters is 1. The van der Waals surface area contributed by atoms with Crippen molar-refractivity contribution in [1.82, 2.24) is 4.57 Å². The number of benzene rings is 2. The zero-order valence-electron chi connectivity index (χ0n) is 12.1. The largest absolute Gasteiger partial charge is 0.465 e. The highest BCUT2D eigenvalue weighted by molar-refractivity contribution is 6.04. The highest BCUT2D eigenvalue weighted by Crippen LogP contribution is 2.24. The number of methoxy groups -OCH3 is 1. The summed E-state index contributed by atoms with van der Waals surface area (Å²) in [5.41, 5.74) is 3.05. The number of aromatic nitrogens is 1. The van der Waals surface area contributed by atoms with Gasteiger partial charge in [-0.1, -0.05) is 36.4 Å². The van der Waals surface area contributed by atoms with Crippen molar-refractivity contribution >= 4 is 16.9 Å². The summed E-state index contributed by atoms with van der Waals surface area (Å²) in [6.07, 6.45) is 1.78. The Morgan fingerprint density at radius 1 is 1.23 bits per heavy atom. The molecule has 0 fully saturated rings. The Morgan fingerprint density at radius 3 is 2.68 bits per heavy atom. The highest BCUT2D eigenvalue weighted by Gasteiger charge is 2.16. The van der Waals surface area contributed by atoms with Crippen molar-refractivity contribution in [2.75, 3.05) is 7.11 Å². The van der Waals surface area contributed by atoms with Gasteiger partial charge in [-0.15, -0.1) is 0 Å². The topological polar surface area (TPSA) is 55.0 Å². The lowest BCUT2D eigenvalue weighted by atomic mass is 10.1. The molecule has 108 valence electrons. The smallest absolute Gasteiger partial charge is 0.340 e. The molecule has 0 bridgehead atoms. The maximum atomic E-state index is 11.9. The normalized spacial score (nSPS) is 10.4. The summed E-state index contributed by atoms with van der Waals surface area (Å²) in [7, 11) is 1.37. The molecule has 4 nitrogen and oxygen atoms in total. The fourth-order valence-electron chi connectivity index (χ4n) is 2.55. The van der Waals surface area contributed by atoms with E-state index < -0.39 is 0 Å². The third kappa shape index (κ3) is 2.45. The number of carbonyl (C=O) groups excluding carboxylic acids is 1. The van der Waals surface area contributed by atoms with Crippen molar-refractivity contribution in [3.63, 3.8) is 0 Å². The second-order valence-corrected chi connectivity index (χ2v) is 4.99. The first-order valence-corrected chi connectivity index (χ1v) is 6.88. The van der Waals surface area contributed by atoms with Crippen molar-refractivity contribution < 1.29 is 9.53 Å². The zero-order valence-corrected chi connectivity index (χ0v) is 12.1. The molecule has 0 radical (unpaired) electrons. The van der Waals surface area contributed by atoms with Gasteiger partial charge in [0, 0.05) is 18.1 Å². The Labute approximate surface area is 128 Å². The van der Waals surface area contributed by atoms with Gasteiger partial charge >= 0.3 is 5.97 Å². The van der Waals surface area contributed by atoms with E-state index in [4.69, 9.17) is 10.00 Å². The molecule has 2 aromatic carbocycles. The minimum absolute atomic E-state index is 0.374. The minimum atomic E-state index is -0.374. The van der Waals surface area contributed by atoms with E-state index in [2.05, 4.69) is 6.07 Å². The van der Waals surface area contributed by atoms with Crippen LogP contribution in [0.2, 0.25) is 0 Å². The van der Waals surface area contributed by atoms with Gasteiger partial charge in [0.05, 0.1) is 29.8 Å². The Kier molecular flexibility index (Phi) is 3.63. The molecule has 0 aliphatic carbocycles. The van der Waals surface area contributed by atoms with Crippen molar-refractivity contribution in [3.8, 4) is 6.07 Å². The zero-order chi connectivity index (χ0) is 15.5. The summed E-state index contributed by atoms with van der Waals surface area (Å²) in [5.74, 6) is -0.374. The summed E-state index contributed by atoms with van der Waals surface area (Å²) in [4.78, 5) is 11.9. The highest BCUT2D eigenvalue weighted by atomic mass is 16.5. The summed E-state index contributed by atoms with van der Waals surface area (Å²) in [6.45, 7) is 0.628. The van der Waals surface area contributed by atoms with Crippen molar-refractivity contribution in [2.24, 2.45) is 0 Å². The van der Waals surface area contributed by atoms with Crippen molar-refractivity contribution in [1.29, 1.82) is 5.26 Å². The van der Waals surface area contributed by atoms with Crippen LogP contribution in [0.5, 0.6) is 0 Å². The molecule has 0 unspecified atom stereocenters. The first-order chi connectivity index (χ1) is 10.7. The third-order valence-corrected chi connectivity index (χ3v) is 3.61. The van der Waals surface area contributed by atoms with E-state index >= 15 is 0 Å². The molecule has 1 aromatic heterocycles. The second-order valence-electron chi connectivity index (χ2n) is 4.99. The number of nitriles is 1. The lowest BCUT2D eigenvalue weighted by Crippen LogP contribution is -2.01. The lowest BCUT2D eigenvalue weighted by Gasteiger charge is -2.05. The molecule has 1 heterocycles. The Morgan fingerprint density at radius 2 is 2.00 bits per heavy atom. The van der Waals surface area contributed by atoms with Gasteiger partial charge in [0.15, 0.2) is 0 Å². The molecule has 3 aromatic rings. The fraction of sp³-hybridized carbons (Fsp3) is 0.111. The second kappa shape index (κ2) is 5.74. The van der Waals surface area contributed by atoms with Crippen LogP contribution >= 0.6 is 0 Å². The van der Waals surface area contributed by atoms with Crippen LogP contribution in [0.3, 0.4) is 0 Å². The van der Waals surface area contributed by atoms with Gasteiger partial charge in [-0.3, -0.25) is 0 Å². The standard InChI is InChI=1S/C18H14N2O2/c1-22-18(21)16-12-20(11-13-5-3-2-4-6-13)17-9-14(10-19)7-8-15(16)17/h2-9,12H,11H2,1H3. The first kappa shape index (κ1) is 13.9. The maximum Gasteiger partial charge on any atom is 0.340 e. The molecular weight excluding hydrogens is 276 g/mol. The first-order valence-electron chi connectivity index (χ1n) is 6.88. The lowest BCUT2D eigenvalue weighted by molar-refractivity contribution is 0.0602. The number of nitrogens with zero attached hydrogens (tertiary/aromatic N) is 2. The van der Waals surface area contributed by atoms with E-state index in [0.717, 1.165) is 16.5 Å². The van der Waals surface area contributed by atoms with Crippen LogP contribution < -0.4 is 0 Å². The molecule has 0 saturated heterocycles. The predicted molar refractivity (Wildman–Crippen MR) is 83.5 cm³/mol. The number of carbonyl (C=O) groups is 1. The average Bonchev–Trinajstić information content (AvgIpc) is 2.93. The molecule has 0 spiro atoms. The van der Waals surface area contributed by atoms with Crippen LogP contribution in [0.4, 0.5) is 0 Å². The van der Waals surface area contributed by atoms with Gasteiger partial charge < -0.3 is 9.30 Å². The van der Waals surface area contributed by atoms with Crippen molar-refractivity contribution in [2.45, 2.75) is 6.54 Å². The number of hydrogen-bond acceptors (Lipinski definition) is 3. The van der Waals surface area contributed by atoms with E-state index in [1.807, 2.05) is 34.9 Å². The summed E-state index contributed by atoms with van der Waals surface area (Å²) in [6, 6.07) is 17.4. The van der Waals surface area contributed by atoms with Gasteiger partial charge in [0.2, 0.25) is 0 Å². The van der Waals surface area contributed by atoms with Gasteiger partial charge in [0.25, 0.3) is 0 Å². The van der Waals surface area contributed by atoms with Crippen LogP contribution in [0.25, 0.3) is 10.9 Å². The van der Waals surface area contributed by atoms with Crippen LogP contribution in [-0.4, -0.2) is 17.6 Å². The summed E-state index contributed by atoms with van der Waals surface area (Å²) in [5, 5.41) is 9.88. The van der Waals surface area contributed by atoms with Crippen LogP contribution in [-0.2, 0) is 11.3 Å². The monoisotopic (exact) mass is 290 g/mol. The number of rotatable bonds is 3. The van der Waals surface area contributed by atoms with E-state index in [1.165, 1.54) is 7.11 Å². The van der Waals surface area contributed by atoms with E-state index in [0.29, 0.717) is 17.7 Å². The van der Waals surface area contributed by atoms with Crippen molar-refractivity contribution in [3.05, 3.63) is 71.4 Å². The number of ether oxygens (including phenoxy) is 1. The molecule has 0 aliphatic rings. The fourth-order valence-corrected chi connectivity index (χ4v) is 2.55. The number of hydrogen-bond donors (Lipinski definition) is 0. The predicted octanol–water partition coefficient (Wildman–Crippen LogP) is 3.35. The van der Waals surface area contributed by atoms with Gasteiger partial charge in [-0.2, -0.15) is 5.26 Å². The quantitative estimate of drug-likeness (QED) is 0.695. The molecule has 0 atom stereocenters. The molecule has 0 amide bonds. The van der Waals surface area contributed by atoms with Crippen LogP contribution in [0.1, 0.15) is 21.5 Å². The average molecular weight is 290 g/mol. The molecule has 0 saturated carbocycles. The third-order valence-electron chi connectivity index (χ3n) is 3.61. The molecule has 4 heteroatoms. The minimum Gasteiger partial charge on any atom is -0.465 e. The molecule has 22 heavy (non-hydrogen) atoms. The maximum absolute atomic E-state index is 11.9. The summed E-state index contributed by atoms with van der Waals surface area (Å²) >= 11 is 0. The van der Waals surface area contributed by atoms with Gasteiger partial charge in [0.1, 0.15) is 0 Å². The number of fused-ring (bicyclic) bond motifs is 1. The van der Waals surface area contributed by atoms with E-state index in [9.17, 15) is 4.79 Å². The van der Waals surface area contributed by atoms with Gasteiger partial charge in [-0.25, -0.2) is 4.79 Å². The molecule has 0 aliphatic heterocycles. The Bertz CT molecular complexity index is 873. The molecular formula is C18H14N2O2. The Balaban J connectivity index is 2.16. The van der Waals surface area contributed by atoms with Gasteiger partial charge in [-0.05, 0) is 17.7 Å². The molecule has 3 rings (SSSR count). The van der Waals surface area contributed by atoms with E-state index in [-0.39, 0.29) is 5.97 Å². The van der Waals surface area contributed by atoms with E-state index in [1.54, 1.807) is 24.4 Å².